The van der Waals surface area contributed by atoms with Crippen LogP contribution in [0.1, 0.15) is 18.4 Å². The van der Waals surface area contributed by atoms with E-state index in [9.17, 15) is 14.4 Å². The van der Waals surface area contributed by atoms with Crippen LogP contribution in [-0.4, -0.2) is 48.4 Å². The number of ether oxygens (including phenoxy) is 3. The lowest BCUT2D eigenvalue weighted by Crippen LogP contribution is -2.37. The van der Waals surface area contributed by atoms with Crippen LogP contribution in [0.3, 0.4) is 0 Å². The summed E-state index contributed by atoms with van der Waals surface area (Å²) in [5.74, 6) is 1.50. The van der Waals surface area contributed by atoms with Gasteiger partial charge in [-0.1, -0.05) is 24.3 Å². The fourth-order valence-corrected chi connectivity index (χ4v) is 4.05. The molecule has 0 saturated carbocycles. The number of carbonyl (C=O) groups is 3. The molecule has 1 fully saturated rings. The minimum Gasteiger partial charge on any atom is -0.494 e. The third-order valence-corrected chi connectivity index (χ3v) is 5.69. The number of benzene rings is 2. The molecular weight excluding hydrogens is 432 g/mol. The molecular formula is C23H22N2O6S. The molecule has 9 heteroatoms. The second-order valence-electron chi connectivity index (χ2n) is 7.06. The van der Waals surface area contributed by atoms with E-state index in [2.05, 4.69) is 5.32 Å². The normalized spacial score (nSPS) is 16.0. The summed E-state index contributed by atoms with van der Waals surface area (Å²) in [5.41, 5.74) is 0.741. The molecule has 4 rings (SSSR count). The molecule has 0 unspecified atom stereocenters. The Balaban J connectivity index is 1.20. The number of nitrogens with zero attached hydrogens (tertiary/aromatic N) is 1. The number of nitrogens with one attached hydrogen (secondary N) is 1. The van der Waals surface area contributed by atoms with Gasteiger partial charge < -0.3 is 19.5 Å². The molecule has 2 aromatic rings. The summed E-state index contributed by atoms with van der Waals surface area (Å²) in [7, 11) is 0. The van der Waals surface area contributed by atoms with E-state index in [0.717, 1.165) is 28.0 Å². The Kier molecular flexibility index (Phi) is 6.96. The Bertz CT molecular complexity index is 1040. The molecule has 0 aromatic heterocycles. The Morgan fingerprint density at radius 3 is 2.78 bits per heavy atom. The highest BCUT2D eigenvalue weighted by molar-refractivity contribution is 8.18. The zero-order valence-corrected chi connectivity index (χ0v) is 18.1. The minimum atomic E-state index is -0.372. The molecule has 2 aliphatic heterocycles. The Hall–Kier alpha value is -3.46. The van der Waals surface area contributed by atoms with Crippen molar-refractivity contribution in [3.8, 4) is 17.2 Å². The van der Waals surface area contributed by atoms with E-state index < -0.39 is 0 Å². The number of rotatable bonds is 9. The molecule has 2 aromatic carbocycles. The van der Waals surface area contributed by atoms with Gasteiger partial charge in [0.1, 0.15) is 5.75 Å². The number of hydrogen-bond acceptors (Lipinski definition) is 7. The van der Waals surface area contributed by atoms with Crippen molar-refractivity contribution in [2.24, 2.45) is 0 Å². The third kappa shape index (κ3) is 5.42. The van der Waals surface area contributed by atoms with Crippen molar-refractivity contribution in [1.82, 2.24) is 10.2 Å². The van der Waals surface area contributed by atoms with Gasteiger partial charge in [0.15, 0.2) is 11.5 Å². The lowest BCUT2D eigenvalue weighted by atomic mass is 10.2. The highest BCUT2D eigenvalue weighted by Crippen LogP contribution is 2.36. The lowest BCUT2D eigenvalue weighted by molar-refractivity contribution is -0.124. The first-order valence-corrected chi connectivity index (χ1v) is 11.0. The van der Waals surface area contributed by atoms with E-state index in [1.807, 2.05) is 30.3 Å². The molecule has 0 radical (unpaired) electrons. The molecule has 2 heterocycles. The summed E-state index contributed by atoms with van der Waals surface area (Å²) in [6.07, 6.45) is 2.53. The minimum absolute atomic E-state index is 0.120. The predicted octanol–water partition coefficient (Wildman–Crippen LogP) is 3.43. The topological polar surface area (TPSA) is 94.2 Å². The van der Waals surface area contributed by atoms with Crippen LogP contribution in [0, 0.1) is 0 Å². The molecule has 2 aliphatic rings. The van der Waals surface area contributed by atoms with Gasteiger partial charge in [-0.2, -0.15) is 0 Å². The average Bonchev–Trinajstić information content (AvgIpc) is 3.37. The number of thioether (sulfide) groups is 1. The van der Waals surface area contributed by atoms with Crippen molar-refractivity contribution in [3.05, 3.63) is 59.0 Å². The molecule has 0 spiro atoms. The van der Waals surface area contributed by atoms with Crippen molar-refractivity contribution < 1.29 is 28.6 Å². The van der Waals surface area contributed by atoms with E-state index in [-0.39, 0.29) is 36.9 Å². The van der Waals surface area contributed by atoms with Crippen LogP contribution in [0.5, 0.6) is 17.2 Å². The summed E-state index contributed by atoms with van der Waals surface area (Å²) in [6, 6.07) is 14.7. The molecule has 1 saturated heterocycles. The molecule has 1 N–H and O–H groups in total. The number of fused-ring (bicyclic) bond motifs is 1. The van der Waals surface area contributed by atoms with Gasteiger partial charge in [0.05, 0.1) is 11.5 Å². The fraction of sp³-hybridized carbons (Fsp3) is 0.261. The van der Waals surface area contributed by atoms with Gasteiger partial charge in [-0.25, -0.2) is 0 Å². The lowest BCUT2D eigenvalue weighted by Gasteiger charge is -2.13. The smallest absolute Gasteiger partial charge is 0.293 e. The van der Waals surface area contributed by atoms with Crippen molar-refractivity contribution in [1.29, 1.82) is 0 Å². The predicted molar refractivity (Wildman–Crippen MR) is 119 cm³/mol. The van der Waals surface area contributed by atoms with Gasteiger partial charge in [0, 0.05) is 19.5 Å². The van der Waals surface area contributed by atoms with Gasteiger partial charge in [-0.15, -0.1) is 0 Å². The fourth-order valence-electron chi connectivity index (χ4n) is 3.18. The van der Waals surface area contributed by atoms with Crippen LogP contribution in [0.25, 0.3) is 6.08 Å². The number of amides is 3. The second kappa shape index (κ2) is 10.2. The third-order valence-electron chi connectivity index (χ3n) is 4.79. The van der Waals surface area contributed by atoms with Crippen LogP contribution in [0.2, 0.25) is 0 Å². The van der Waals surface area contributed by atoms with Gasteiger partial charge in [0.25, 0.3) is 11.1 Å². The van der Waals surface area contributed by atoms with E-state index >= 15 is 0 Å². The molecule has 8 nitrogen and oxygen atoms in total. The highest BCUT2D eigenvalue weighted by Gasteiger charge is 2.34. The van der Waals surface area contributed by atoms with E-state index in [1.165, 1.54) is 0 Å². The Labute approximate surface area is 189 Å². The summed E-state index contributed by atoms with van der Waals surface area (Å²) in [5, 5.41) is 2.39. The summed E-state index contributed by atoms with van der Waals surface area (Å²) in [4.78, 5) is 38.3. The number of para-hydroxylation sites is 1. The zero-order chi connectivity index (χ0) is 22.3. The summed E-state index contributed by atoms with van der Waals surface area (Å²) >= 11 is 0.881. The Morgan fingerprint density at radius 1 is 1.12 bits per heavy atom. The van der Waals surface area contributed by atoms with Crippen LogP contribution in [0.4, 0.5) is 4.79 Å². The van der Waals surface area contributed by atoms with E-state index in [0.29, 0.717) is 35.9 Å². The van der Waals surface area contributed by atoms with E-state index in [4.69, 9.17) is 14.2 Å². The average molecular weight is 455 g/mol. The second-order valence-corrected chi connectivity index (χ2v) is 8.05. The van der Waals surface area contributed by atoms with Gasteiger partial charge in [-0.3, -0.25) is 19.3 Å². The largest absolute Gasteiger partial charge is 0.494 e. The molecule has 0 bridgehead atoms. The quantitative estimate of drug-likeness (QED) is 0.458. The van der Waals surface area contributed by atoms with Crippen molar-refractivity contribution in [2.45, 2.75) is 12.8 Å². The van der Waals surface area contributed by atoms with Gasteiger partial charge in [-0.05, 0) is 54.1 Å². The van der Waals surface area contributed by atoms with Crippen molar-refractivity contribution in [2.75, 3.05) is 26.5 Å². The van der Waals surface area contributed by atoms with Gasteiger partial charge in [0.2, 0.25) is 12.7 Å². The first-order valence-electron chi connectivity index (χ1n) is 10.2. The van der Waals surface area contributed by atoms with Gasteiger partial charge >= 0.3 is 0 Å². The molecule has 32 heavy (non-hydrogen) atoms. The number of carbonyl (C=O) groups excluding carboxylic acids is 3. The SMILES string of the molecule is O=C(CCCOc1ccccc1)NCCN1C(=O)S/C(=C\c2ccc3c(c2)OCO3)C1=O. The standard InChI is InChI=1S/C23H22N2O6S/c26-21(7-4-12-29-17-5-2-1-3-6-17)24-10-11-25-22(27)20(32-23(25)28)14-16-8-9-18-19(13-16)31-15-30-18/h1-3,5-6,8-9,13-14H,4,7,10-12,15H2,(H,24,26)/b20-14-. The maximum absolute atomic E-state index is 12.6. The zero-order valence-electron chi connectivity index (χ0n) is 17.2. The van der Waals surface area contributed by atoms with Crippen LogP contribution >= 0.6 is 11.8 Å². The van der Waals surface area contributed by atoms with Crippen LogP contribution in [0.15, 0.2) is 53.4 Å². The first-order chi connectivity index (χ1) is 15.6. The number of hydrogen-bond donors (Lipinski definition) is 1. The molecule has 3 amide bonds. The molecule has 0 atom stereocenters. The van der Waals surface area contributed by atoms with Crippen molar-refractivity contribution >= 4 is 34.9 Å². The Morgan fingerprint density at radius 2 is 1.94 bits per heavy atom. The maximum atomic E-state index is 12.6. The number of imide groups is 1. The summed E-state index contributed by atoms with van der Waals surface area (Å²) < 4.78 is 16.2. The molecule has 166 valence electrons. The maximum Gasteiger partial charge on any atom is 0.293 e. The van der Waals surface area contributed by atoms with Crippen LogP contribution in [-0.2, 0) is 9.59 Å². The summed E-state index contributed by atoms with van der Waals surface area (Å²) in [6.45, 7) is 0.926. The van der Waals surface area contributed by atoms with Crippen molar-refractivity contribution in [3.63, 3.8) is 0 Å². The van der Waals surface area contributed by atoms with E-state index in [1.54, 1.807) is 24.3 Å². The van der Waals surface area contributed by atoms with Crippen LogP contribution < -0.4 is 19.5 Å². The highest BCUT2D eigenvalue weighted by atomic mass is 32.2. The monoisotopic (exact) mass is 454 g/mol. The molecule has 0 aliphatic carbocycles. The first kappa shape index (κ1) is 21.8.